The molecular formula is C17H16INO4. The molecule has 1 aliphatic rings. The third-order valence-electron chi connectivity index (χ3n) is 3.42. The van der Waals surface area contributed by atoms with Crippen molar-refractivity contribution in [2.45, 2.75) is 6.92 Å². The van der Waals surface area contributed by atoms with E-state index < -0.39 is 0 Å². The molecule has 1 N–H and O–H groups in total. The molecule has 0 aliphatic carbocycles. The van der Waals surface area contributed by atoms with Crippen LogP contribution in [0.4, 0.5) is 0 Å². The lowest BCUT2D eigenvalue weighted by molar-refractivity contribution is 0.0947. The third kappa shape index (κ3) is 3.87. The van der Waals surface area contributed by atoms with Gasteiger partial charge >= 0.3 is 0 Å². The molecule has 0 saturated carbocycles. The van der Waals surface area contributed by atoms with Gasteiger partial charge in [0.25, 0.3) is 5.91 Å². The van der Waals surface area contributed by atoms with E-state index in [2.05, 4.69) is 27.9 Å². The lowest BCUT2D eigenvalue weighted by Crippen LogP contribution is -2.28. The Morgan fingerprint density at radius 1 is 1.22 bits per heavy atom. The summed E-state index contributed by atoms with van der Waals surface area (Å²) >= 11 is 2.25. The molecule has 0 saturated heterocycles. The van der Waals surface area contributed by atoms with Gasteiger partial charge in [-0.1, -0.05) is 0 Å². The van der Waals surface area contributed by atoms with Gasteiger partial charge in [-0.25, -0.2) is 0 Å². The first-order valence-electron chi connectivity index (χ1n) is 7.20. The molecular weight excluding hydrogens is 409 g/mol. The summed E-state index contributed by atoms with van der Waals surface area (Å²) in [5.74, 6) is 1.99. The Morgan fingerprint density at radius 3 is 2.87 bits per heavy atom. The van der Waals surface area contributed by atoms with E-state index in [1.54, 1.807) is 6.07 Å². The summed E-state index contributed by atoms with van der Waals surface area (Å²) in [6, 6.07) is 11.1. The van der Waals surface area contributed by atoms with Crippen molar-refractivity contribution in [1.29, 1.82) is 0 Å². The molecule has 23 heavy (non-hydrogen) atoms. The zero-order chi connectivity index (χ0) is 16.2. The largest absolute Gasteiger partial charge is 0.492 e. The SMILES string of the molecule is Cc1cc(C(=O)NCCOc2ccc3c(c2)OCO3)ccc1I. The highest BCUT2D eigenvalue weighted by Gasteiger charge is 2.13. The van der Waals surface area contributed by atoms with Gasteiger partial charge in [0.1, 0.15) is 12.4 Å². The monoisotopic (exact) mass is 425 g/mol. The molecule has 5 nitrogen and oxygen atoms in total. The fraction of sp³-hybridized carbons (Fsp3) is 0.235. The number of fused-ring (bicyclic) bond motifs is 1. The van der Waals surface area contributed by atoms with Crippen LogP contribution in [0.25, 0.3) is 0 Å². The second-order valence-corrected chi connectivity index (χ2v) is 6.25. The average molecular weight is 425 g/mol. The molecule has 0 fully saturated rings. The molecule has 1 aliphatic heterocycles. The zero-order valence-corrected chi connectivity index (χ0v) is 14.8. The maximum Gasteiger partial charge on any atom is 0.251 e. The molecule has 0 unspecified atom stereocenters. The van der Waals surface area contributed by atoms with Crippen LogP contribution in [-0.2, 0) is 0 Å². The number of benzene rings is 2. The summed E-state index contributed by atoms with van der Waals surface area (Å²) in [4.78, 5) is 12.1. The topological polar surface area (TPSA) is 56.8 Å². The number of nitrogens with one attached hydrogen (secondary N) is 1. The number of carbonyl (C=O) groups is 1. The van der Waals surface area contributed by atoms with Gasteiger partial charge in [-0.2, -0.15) is 0 Å². The van der Waals surface area contributed by atoms with Crippen molar-refractivity contribution >= 4 is 28.5 Å². The Kier molecular flexibility index (Phi) is 4.90. The van der Waals surface area contributed by atoms with Gasteiger partial charge in [0, 0.05) is 15.2 Å². The molecule has 2 aromatic carbocycles. The lowest BCUT2D eigenvalue weighted by atomic mass is 10.1. The lowest BCUT2D eigenvalue weighted by Gasteiger charge is -2.09. The van der Waals surface area contributed by atoms with Gasteiger partial charge in [0.15, 0.2) is 11.5 Å². The summed E-state index contributed by atoms with van der Waals surface area (Å²) in [6.45, 7) is 3.04. The van der Waals surface area contributed by atoms with Crippen molar-refractivity contribution < 1.29 is 19.0 Å². The summed E-state index contributed by atoms with van der Waals surface area (Å²) in [6.07, 6.45) is 0. The van der Waals surface area contributed by atoms with E-state index in [-0.39, 0.29) is 12.7 Å². The molecule has 2 aromatic rings. The first-order chi connectivity index (χ1) is 11.1. The number of halogens is 1. The second kappa shape index (κ2) is 7.08. The molecule has 0 spiro atoms. The van der Waals surface area contributed by atoms with Crippen molar-refractivity contribution in [3.63, 3.8) is 0 Å². The minimum atomic E-state index is -0.0983. The Balaban J connectivity index is 1.47. The first kappa shape index (κ1) is 15.9. The van der Waals surface area contributed by atoms with Crippen LogP contribution in [0.5, 0.6) is 17.2 Å². The van der Waals surface area contributed by atoms with Crippen LogP contribution in [0.1, 0.15) is 15.9 Å². The van der Waals surface area contributed by atoms with Crippen molar-refractivity contribution in [2.24, 2.45) is 0 Å². The minimum absolute atomic E-state index is 0.0983. The highest BCUT2D eigenvalue weighted by Crippen LogP contribution is 2.34. The molecule has 0 atom stereocenters. The van der Waals surface area contributed by atoms with Gasteiger partial charge < -0.3 is 19.5 Å². The Labute approximate surface area is 148 Å². The highest BCUT2D eigenvalue weighted by atomic mass is 127. The van der Waals surface area contributed by atoms with Crippen molar-refractivity contribution in [1.82, 2.24) is 5.32 Å². The summed E-state index contributed by atoms with van der Waals surface area (Å²) in [5, 5.41) is 2.85. The van der Waals surface area contributed by atoms with Crippen LogP contribution in [0, 0.1) is 10.5 Å². The van der Waals surface area contributed by atoms with Crippen LogP contribution < -0.4 is 19.5 Å². The van der Waals surface area contributed by atoms with Crippen LogP contribution in [0.3, 0.4) is 0 Å². The predicted octanol–water partition coefficient (Wildman–Crippen LogP) is 3.14. The van der Waals surface area contributed by atoms with E-state index in [0.717, 1.165) is 14.9 Å². The fourth-order valence-corrected chi connectivity index (χ4v) is 2.52. The van der Waals surface area contributed by atoms with Gasteiger partial charge in [-0.3, -0.25) is 4.79 Å². The van der Waals surface area contributed by atoms with Crippen LogP contribution >= 0.6 is 22.6 Å². The molecule has 1 heterocycles. The number of hydrogen-bond acceptors (Lipinski definition) is 4. The quantitative estimate of drug-likeness (QED) is 0.591. The number of carbonyl (C=O) groups excluding carboxylic acids is 1. The molecule has 6 heteroatoms. The first-order valence-corrected chi connectivity index (χ1v) is 8.28. The van der Waals surface area contributed by atoms with E-state index in [4.69, 9.17) is 14.2 Å². The summed E-state index contributed by atoms with van der Waals surface area (Å²) < 4.78 is 17.3. The normalized spacial score (nSPS) is 12.1. The molecule has 120 valence electrons. The van der Waals surface area contributed by atoms with E-state index in [9.17, 15) is 4.79 Å². The number of rotatable bonds is 5. The standard InChI is InChI=1S/C17H16INO4/c1-11-8-12(2-4-14(11)18)17(20)19-6-7-21-13-3-5-15-16(9-13)23-10-22-15/h2-5,8-9H,6-7,10H2,1H3,(H,19,20). The van der Waals surface area contributed by atoms with E-state index in [0.29, 0.717) is 30.2 Å². The minimum Gasteiger partial charge on any atom is -0.492 e. The van der Waals surface area contributed by atoms with E-state index in [1.807, 2.05) is 37.3 Å². The maximum absolute atomic E-state index is 12.1. The van der Waals surface area contributed by atoms with Crippen LogP contribution in [0.2, 0.25) is 0 Å². The summed E-state index contributed by atoms with van der Waals surface area (Å²) in [7, 11) is 0. The zero-order valence-electron chi connectivity index (χ0n) is 12.6. The van der Waals surface area contributed by atoms with Gasteiger partial charge in [-0.15, -0.1) is 0 Å². The Hall–Kier alpha value is -1.96. The average Bonchev–Trinajstić information content (AvgIpc) is 3.01. The van der Waals surface area contributed by atoms with E-state index >= 15 is 0 Å². The molecule has 3 rings (SSSR count). The van der Waals surface area contributed by atoms with Gasteiger partial charge in [0.05, 0.1) is 6.54 Å². The number of ether oxygens (including phenoxy) is 3. The number of aryl methyl sites for hydroxylation is 1. The van der Waals surface area contributed by atoms with Crippen molar-refractivity contribution in [2.75, 3.05) is 19.9 Å². The molecule has 0 bridgehead atoms. The number of hydrogen-bond donors (Lipinski definition) is 1. The van der Waals surface area contributed by atoms with Crippen LogP contribution in [-0.4, -0.2) is 25.9 Å². The van der Waals surface area contributed by atoms with Crippen molar-refractivity contribution in [3.05, 3.63) is 51.1 Å². The Bertz CT molecular complexity index is 733. The predicted molar refractivity (Wildman–Crippen MR) is 94.3 cm³/mol. The van der Waals surface area contributed by atoms with E-state index in [1.165, 1.54) is 0 Å². The van der Waals surface area contributed by atoms with Crippen molar-refractivity contribution in [3.8, 4) is 17.2 Å². The molecule has 0 radical (unpaired) electrons. The fourth-order valence-electron chi connectivity index (χ4n) is 2.19. The van der Waals surface area contributed by atoms with Gasteiger partial charge in [-0.05, 0) is 65.4 Å². The Morgan fingerprint density at radius 2 is 2.04 bits per heavy atom. The third-order valence-corrected chi connectivity index (χ3v) is 4.63. The molecule has 0 aromatic heterocycles. The van der Waals surface area contributed by atoms with Gasteiger partial charge in [0.2, 0.25) is 6.79 Å². The van der Waals surface area contributed by atoms with Crippen LogP contribution in [0.15, 0.2) is 36.4 Å². The summed E-state index contributed by atoms with van der Waals surface area (Å²) in [5.41, 5.74) is 1.75. The number of amides is 1. The highest BCUT2D eigenvalue weighted by molar-refractivity contribution is 14.1. The maximum atomic E-state index is 12.1. The molecule has 1 amide bonds. The smallest absolute Gasteiger partial charge is 0.251 e. The second-order valence-electron chi connectivity index (χ2n) is 5.08.